The quantitative estimate of drug-likeness (QED) is 0.257. The fourth-order valence-electron chi connectivity index (χ4n) is 3.75. The van der Waals surface area contributed by atoms with E-state index in [1.165, 1.54) is 70.6 Å². The molecule has 0 saturated carbocycles. The molecule has 4 nitrogen and oxygen atoms in total. The summed E-state index contributed by atoms with van der Waals surface area (Å²) < 4.78 is 0. The van der Waals surface area contributed by atoms with Crippen LogP contribution in [0.15, 0.2) is 12.2 Å². The molecule has 28 heavy (non-hydrogen) atoms. The maximum Gasteiger partial charge on any atom is 0.222 e. The lowest BCUT2D eigenvalue weighted by atomic mass is 10.1. The number of hydrogen-bond acceptors (Lipinski definition) is 2. The van der Waals surface area contributed by atoms with E-state index in [9.17, 15) is 9.59 Å². The fourth-order valence-corrected chi connectivity index (χ4v) is 3.75. The predicted molar refractivity (Wildman–Crippen MR) is 118 cm³/mol. The minimum absolute atomic E-state index is 0.0260. The van der Waals surface area contributed by atoms with Crippen LogP contribution in [0.3, 0.4) is 0 Å². The largest absolute Gasteiger partial charge is 0.356 e. The number of hydrogen-bond donors (Lipinski definition) is 2. The molecular weight excluding hydrogens is 348 g/mol. The van der Waals surface area contributed by atoms with E-state index in [0.717, 1.165) is 32.2 Å². The predicted octanol–water partition coefficient (Wildman–Crippen LogP) is 5.81. The highest BCUT2D eigenvalue weighted by molar-refractivity contribution is 5.79. The van der Waals surface area contributed by atoms with Gasteiger partial charge in [-0.25, -0.2) is 0 Å². The van der Waals surface area contributed by atoms with E-state index in [0.29, 0.717) is 12.8 Å². The molecule has 1 atom stereocenters. The zero-order valence-electron chi connectivity index (χ0n) is 18.3. The second-order valence-corrected chi connectivity index (χ2v) is 8.30. The van der Waals surface area contributed by atoms with E-state index >= 15 is 0 Å². The molecule has 1 aliphatic heterocycles. The van der Waals surface area contributed by atoms with Crippen molar-refractivity contribution in [2.24, 2.45) is 0 Å². The van der Waals surface area contributed by atoms with Crippen LogP contribution in [0.1, 0.15) is 116 Å². The normalized spacial score (nSPS) is 17.5. The SMILES string of the molecule is CCCCCCCCC=CCCCCCCCC(=O)N[C@@H]1CCCNC(=O)C1. The van der Waals surface area contributed by atoms with Gasteiger partial charge in [0.05, 0.1) is 0 Å². The van der Waals surface area contributed by atoms with Crippen molar-refractivity contribution in [3.63, 3.8) is 0 Å². The molecule has 0 aromatic carbocycles. The van der Waals surface area contributed by atoms with Crippen molar-refractivity contribution >= 4 is 11.8 Å². The molecule has 162 valence electrons. The van der Waals surface area contributed by atoms with Gasteiger partial charge in [-0.1, -0.05) is 70.4 Å². The monoisotopic (exact) mass is 392 g/mol. The average Bonchev–Trinajstić information content (AvgIpc) is 2.88. The summed E-state index contributed by atoms with van der Waals surface area (Å²) in [7, 11) is 0. The molecule has 0 spiro atoms. The van der Waals surface area contributed by atoms with Crippen molar-refractivity contribution in [2.45, 2.75) is 122 Å². The molecular formula is C24H44N2O2. The summed E-state index contributed by atoms with van der Waals surface area (Å²) in [5.74, 6) is 0.168. The van der Waals surface area contributed by atoms with Crippen molar-refractivity contribution in [1.82, 2.24) is 10.6 Å². The van der Waals surface area contributed by atoms with Gasteiger partial charge >= 0.3 is 0 Å². The van der Waals surface area contributed by atoms with Crippen LogP contribution in [0.4, 0.5) is 0 Å². The lowest BCUT2D eigenvalue weighted by molar-refractivity contribution is -0.123. The molecule has 0 unspecified atom stereocenters. The average molecular weight is 393 g/mol. The van der Waals surface area contributed by atoms with Crippen molar-refractivity contribution in [1.29, 1.82) is 0 Å². The molecule has 1 fully saturated rings. The van der Waals surface area contributed by atoms with Crippen molar-refractivity contribution < 1.29 is 9.59 Å². The molecule has 0 aliphatic carbocycles. The van der Waals surface area contributed by atoms with Crippen molar-refractivity contribution in [3.8, 4) is 0 Å². The Hall–Kier alpha value is -1.32. The first-order valence-electron chi connectivity index (χ1n) is 11.9. The van der Waals surface area contributed by atoms with E-state index < -0.39 is 0 Å². The Bertz CT molecular complexity index is 434. The van der Waals surface area contributed by atoms with Crippen LogP contribution in [0.2, 0.25) is 0 Å². The zero-order valence-corrected chi connectivity index (χ0v) is 18.3. The first-order valence-corrected chi connectivity index (χ1v) is 11.9. The third kappa shape index (κ3) is 14.7. The summed E-state index contributed by atoms with van der Waals surface area (Å²) in [5.41, 5.74) is 0. The van der Waals surface area contributed by atoms with Gasteiger partial charge in [0.1, 0.15) is 0 Å². The lowest BCUT2D eigenvalue weighted by Crippen LogP contribution is -2.36. The molecule has 1 rings (SSSR count). The Labute approximate surface area is 173 Å². The molecule has 0 aromatic rings. The summed E-state index contributed by atoms with van der Waals surface area (Å²) in [4.78, 5) is 23.5. The lowest BCUT2D eigenvalue weighted by Gasteiger charge is -2.15. The number of rotatable bonds is 16. The van der Waals surface area contributed by atoms with Crippen LogP contribution in [-0.2, 0) is 9.59 Å². The van der Waals surface area contributed by atoms with Gasteiger partial charge in [0.2, 0.25) is 11.8 Å². The number of carbonyl (C=O) groups excluding carboxylic acids is 2. The van der Waals surface area contributed by atoms with Gasteiger partial charge < -0.3 is 10.6 Å². The van der Waals surface area contributed by atoms with Crippen LogP contribution in [-0.4, -0.2) is 24.4 Å². The standard InChI is InChI=1S/C24H44N2O2/c1-2-3-4-5-6-7-8-9-10-11-12-13-14-15-16-19-23(27)26-22-18-17-20-25-24(28)21-22/h9-10,22H,2-8,11-21H2,1H3,(H,25,28)(H,26,27)/t22-/m1/s1. The van der Waals surface area contributed by atoms with Gasteiger partial charge in [0, 0.05) is 25.4 Å². The van der Waals surface area contributed by atoms with E-state index in [2.05, 4.69) is 29.7 Å². The van der Waals surface area contributed by atoms with Crippen LogP contribution >= 0.6 is 0 Å². The number of unbranched alkanes of at least 4 members (excludes halogenated alkanes) is 11. The molecule has 0 aromatic heterocycles. The topological polar surface area (TPSA) is 58.2 Å². The molecule has 1 heterocycles. The molecule has 2 amide bonds. The van der Waals surface area contributed by atoms with E-state index in [-0.39, 0.29) is 17.9 Å². The van der Waals surface area contributed by atoms with Gasteiger partial charge in [-0.2, -0.15) is 0 Å². The molecule has 4 heteroatoms. The number of amides is 2. The third-order valence-corrected chi connectivity index (χ3v) is 5.51. The first kappa shape index (κ1) is 24.7. The molecule has 1 saturated heterocycles. The Kier molecular flexibility index (Phi) is 15.7. The van der Waals surface area contributed by atoms with Gasteiger partial charge in [-0.05, 0) is 44.9 Å². The van der Waals surface area contributed by atoms with E-state index in [1.807, 2.05) is 0 Å². The van der Waals surface area contributed by atoms with Gasteiger partial charge in [-0.15, -0.1) is 0 Å². The highest BCUT2D eigenvalue weighted by atomic mass is 16.2. The zero-order chi connectivity index (χ0) is 20.3. The van der Waals surface area contributed by atoms with E-state index in [1.54, 1.807) is 0 Å². The minimum Gasteiger partial charge on any atom is -0.356 e. The first-order chi connectivity index (χ1) is 13.7. The smallest absolute Gasteiger partial charge is 0.222 e. The second-order valence-electron chi connectivity index (χ2n) is 8.30. The van der Waals surface area contributed by atoms with Crippen molar-refractivity contribution in [2.75, 3.05) is 6.54 Å². The van der Waals surface area contributed by atoms with Crippen LogP contribution in [0.25, 0.3) is 0 Å². The summed E-state index contributed by atoms with van der Waals surface area (Å²) in [6.45, 7) is 3.00. The maximum absolute atomic E-state index is 12.0. The highest BCUT2D eigenvalue weighted by Gasteiger charge is 2.18. The molecule has 0 radical (unpaired) electrons. The minimum atomic E-state index is 0.0260. The van der Waals surface area contributed by atoms with Crippen molar-refractivity contribution in [3.05, 3.63) is 12.2 Å². The van der Waals surface area contributed by atoms with Gasteiger partial charge in [0.15, 0.2) is 0 Å². The number of carbonyl (C=O) groups is 2. The molecule has 0 bridgehead atoms. The summed E-state index contributed by atoms with van der Waals surface area (Å²) in [5, 5.41) is 5.88. The van der Waals surface area contributed by atoms with Gasteiger partial charge in [-0.3, -0.25) is 9.59 Å². The van der Waals surface area contributed by atoms with Crippen LogP contribution < -0.4 is 10.6 Å². The molecule has 1 aliphatic rings. The Balaban J connectivity index is 1.86. The second kappa shape index (κ2) is 17.8. The Morgan fingerprint density at radius 3 is 2.25 bits per heavy atom. The number of allylic oxidation sites excluding steroid dienone is 2. The maximum atomic E-state index is 12.0. The van der Waals surface area contributed by atoms with Gasteiger partial charge in [0.25, 0.3) is 0 Å². The highest BCUT2D eigenvalue weighted by Crippen LogP contribution is 2.11. The van der Waals surface area contributed by atoms with Crippen LogP contribution in [0.5, 0.6) is 0 Å². The summed E-state index contributed by atoms with van der Waals surface area (Å²) >= 11 is 0. The summed E-state index contributed by atoms with van der Waals surface area (Å²) in [6, 6.07) is 0.0260. The Morgan fingerprint density at radius 2 is 1.57 bits per heavy atom. The molecule has 2 N–H and O–H groups in total. The third-order valence-electron chi connectivity index (χ3n) is 5.51. The van der Waals surface area contributed by atoms with E-state index in [4.69, 9.17) is 0 Å². The summed E-state index contributed by atoms with van der Waals surface area (Å²) in [6.07, 6.45) is 24.1. The van der Waals surface area contributed by atoms with Crippen LogP contribution in [0, 0.1) is 0 Å². The number of nitrogens with one attached hydrogen (secondary N) is 2. The fraction of sp³-hybridized carbons (Fsp3) is 0.833. The Morgan fingerprint density at radius 1 is 0.964 bits per heavy atom.